The molecule has 3 nitrogen and oxygen atoms in total. The molecule has 0 aliphatic carbocycles. The van der Waals surface area contributed by atoms with Gasteiger partial charge in [-0.3, -0.25) is 4.79 Å². The van der Waals surface area contributed by atoms with Crippen LogP contribution in [0.5, 0.6) is 5.75 Å². The molecule has 3 heteroatoms. The van der Waals surface area contributed by atoms with Crippen molar-refractivity contribution in [3.05, 3.63) is 65.7 Å². The van der Waals surface area contributed by atoms with Crippen LogP contribution in [-0.2, 0) is 4.79 Å². The summed E-state index contributed by atoms with van der Waals surface area (Å²) in [6, 6.07) is 17.8. The summed E-state index contributed by atoms with van der Waals surface area (Å²) < 4.78 is 5.58. The van der Waals surface area contributed by atoms with Gasteiger partial charge in [0.05, 0.1) is 19.1 Å². The monoisotopic (exact) mass is 283 g/mol. The van der Waals surface area contributed by atoms with Gasteiger partial charge in [0, 0.05) is 0 Å². The summed E-state index contributed by atoms with van der Waals surface area (Å²) in [6.45, 7) is 4.38. The van der Waals surface area contributed by atoms with Crippen molar-refractivity contribution in [3.8, 4) is 5.75 Å². The molecule has 0 aliphatic rings. The average molecular weight is 283 g/mol. The van der Waals surface area contributed by atoms with Crippen LogP contribution in [0, 0.1) is 6.92 Å². The first-order valence-corrected chi connectivity index (χ1v) is 7.19. The highest BCUT2D eigenvalue weighted by molar-refractivity contribution is 5.76. The van der Waals surface area contributed by atoms with Crippen molar-refractivity contribution in [2.24, 2.45) is 0 Å². The minimum atomic E-state index is -0.000920. The van der Waals surface area contributed by atoms with Gasteiger partial charge < -0.3 is 10.1 Å². The molecule has 0 heterocycles. The Morgan fingerprint density at radius 2 is 1.90 bits per heavy atom. The fourth-order valence-electron chi connectivity index (χ4n) is 2.11. The third-order valence-corrected chi connectivity index (χ3v) is 3.26. The molecule has 0 aromatic heterocycles. The van der Waals surface area contributed by atoms with Crippen LogP contribution in [0.2, 0.25) is 0 Å². The van der Waals surface area contributed by atoms with Gasteiger partial charge in [0.2, 0.25) is 5.91 Å². The van der Waals surface area contributed by atoms with Crippen LogP contribution in [0.25, 0.3) is 0 Å². The number of amides is 1. The van der Waals surface area contributed by atoms with Gasteiger partial charge in [-0.05, 0) is 37.1 Å². The molecule has 0 saturated carbocycles. The zero-order chi connectivity index (χ0) is 15.1. The quantitative estimate of drug-likeness (QED) is 0.879. The molecule has 0 saturated heterocycles. The fourth-order valence-corrected chi connectivity index (χ4v) is 2.11. The maximum Gasteiger partial charge on any atom is 0.223 e. The number of rotatable bonds is 6. The number of benzene rings is 2. The van der Waals surface area contributed by atoms with Crippen LogP contribution in [0.4, 0.5) is 0 Å². The summed E-state index contributed by atoms with van der Waals surface area (Å²) in [7, 11) is 0. The van der Waals surface area contributed by atoms with E-state index in [9.17, 15) is 4.79 Å². The summed E-state index contributed by atoms with van der Waals surface area (Å²) in [5.74, 6) is 0.804. The lowest BCUT2D eigenvalue weighted by Crippen LogP contribution is -2.27. The molecular formula is C18H21NO2. The summed E-state index contributed by atoms with van der Waals surface area (Å²) in [5, 5.41) is 2.97. The van der Waals surface area contributed by atoms with Gasteiger partial charge in [0.1, 0.15) is 5.75 Å². The Morgan fingerprint density at radius 1 is 1.14 bits per heavy atom. The minimum Gasteiger partial charge on any atom is -0.493 e. The highest BCUT2D eigenvalue weighted by Crippen LogP contribution is 2.13. The molecule has 2 rings (SSSR count). The predicted octanol–water partition coefficient (Wildman–Crippen LogP) is 3.64. The molecule has 110 valence electrons. The smallest absolute Gasteiger partial charge is 0.223 e. The third-order valence-electron chi connectivity index (χ3n) is 3.26. The molecule has 0 fully saturated rings. The Bertz CT molecular complexity index is 581. The first kappa shape index (κ1) is 15.1. The van der Waals surface area contributed by atoms with Crippen LogP contribution >= 0.6 is 0 Å². The Morgan fingerprint density at radius 3 is 2.62 bits per heavy atom. The van der Waals surface area contributed by atoms with Crippen LogP contribution < -0.4 is 10.1 Å². The molecular weight excluding hydrogens is 262 g/mol. The number of ether oxygens (including phenoxy) is 1. The van der Waals surface area contributed by atoms with Gasteiger partial charge in [0.25, 0.3) is 0 Å². The fraction of sp³-hybridized carbons (Fsp3) is 0.278. The number of carbonyl (C=O) groups is 1. The van der Waals surface area contributed by atoms with Crippen molar-refractivity contribution in [1.29, 1.82) is 0 Å². The van der Waals surface area contributed by atoms with Gasteiger partial charge in [-0.15, -0.1) is 0 Å². The number of aryl methyl sites for hydroxylation is 1. The Kier molecular flexibility index (Phi) is 5.38. The van der Waals surface area contributed by atoms with E-state index in [-0.39, 0.29) is 11.9 Å². The second-order valence-electron chi connectivity index (χ2n) is 5.11. The lowest BCUT2D eigenvalue weighted by atomic mass is 10.1. The van der Waals surface area contributed by atoms with E-state index in [1.807, 2.05) is 68.4 Å². The van der Waals surface area contributed by atoms with E-state index in [2.05, 4.69) is 5.32 Å². The normalized spacial score (nSPS) is 11.7. The molecule has 0 aliphatic heterocycles. The lowest BCUT2D eigenvalue weighted by molar-refractivity contribution is -0.122. The number of carbonyl (C=O) groups excluding carboxylic acids is 1. The van der Waals surface area contributed by atoms with Crippen molar-refractivity contribution in [2.45, 2.75) is 26.3 Å². The molecule has 0 bridgehead atoms. The second-order valence-corrected chi connectivity index (χ2v) is 5.11. The number of hydrogen-bond donors (Lipinski definition) is 1. The zero-order valence-corrected chi connectivity index (χ0v) is 12.5. The highest BCUT2D eigenvalue weighted by Gasteiger charge is 2.09. The number of nitrogens with one attached hydrogen (secondary N) is 1. The van der Waals surface area contributed by atoms with Gasteiger partial charge in [-0.1, -0.05) is 42.5 Å². The molecule has 0 unspecified atom stereocenters. The van der Waals surface area contributed by atoms with E-state index in [0.717, 1.165) is 16.9 Å². The topological polar surface area (TPSA) is 38.3 Å². The molecule has 2 aromatic rings. The minimum absolute atomic E-state index is 0.000920. The maximum absolute atomic E-state index is 11.9. The lowest BCUT2D eigenvalue weighted by Gasteiger charge is -2.14. The molecule has 1 N–H and O–H groups in total. The van der Waals surface area contributed by atoms with Gasteiger partial charge in [0.15, 0.2) is 0 Å². The molecule has 2 aromatic carbocycles. The van der Waals surface area contributed by atoms with E-state index in [1.165, 1.54) is 0 Å². The van der Waals surface area contributed by atoms with E-state index in [0.29, 0.717) is 13.0 Å². The Hall–Kier alpha value is -2.29. The predicted molar refractivity (Wildman–Crippen MR) is 84.3 cm³/mol. The average Bonchev–Trinajstić information content (AvgIpc) is 2.48. The highest BCUT2D eigenvalue weighted by atomic mass is 16.5. The van der Waals surface area contributed by atoms with Crippen LogP contribution in [0.3, 0.4) is 0 Å². The first-order chi connectivity index (χ1) is 10.1. The van der Waals surface area contributed by atoms with E-state index >= 15 is 0 Å². The summed E-state index contributed by atoms with van der Waals surface area (Å²) in [4.78, 5) is 11.9. The van der Waals surface area contributed by atoms with Crippen LogP contribution in [0.15, 0.2) is 54.6 Å². The summed E-state index contributed by atoms with van der Waals surface area (Å²) in [6.07, 6.45) is 0.352. The van der Waals surface area contributed by atoms with Crippen LogP contribution in [-0.4, -0.2) is 12.5 Å². The van der Waals surface area contributed by atoms with Crippen molar-refractivity contribution in [2.75, 3.05) is 6.61 Å². The third kappa shape index (κ3) is 4.95. The van der Waals surface area contributed by atoms with Crippen molar-refractivity contribution in [3.63, 3.8) is 0 Å². The standard InChI is InChI=1S/C18H21NO2/c1-14-7-6-10-17(13-14)21-12-11-18(20)19-15(2)16-8-4-3-5-9-16/h3-10,13,15H,11-12H2,1-2H3,(H,19,20)/t15-/m1/s1. The summed E-state index contributed by atoms with van der Waals surface area (Å²) >= 11 is 0. The van der Waals surface area contributed by atoms with E-state index in [1.54, 1.807) is 0 Å². The zero-order valence-electron chi connectivity index (χ0n) is 12.5. The molecule has 0 radical (unpaired) electrons. The van der Waals surface area contributed by atoms with Gasteiger partial charge in [-0.2, -0.15) is 0 Å². The Balaban J connectivity index is 1.75. The molecule has 21 heavy (non-hydrogen) atoms. The van der Waals surface area contributed by atoms with Gasteiger partial charge >= 0.3 is 0 Å². The van der Waals surface area contributed by atoms with E-state index in [4.69, 9.17) is 4.74 Å². The molecule has 1 atom stereocenters. The largest absolute Gasteiger partial charge is 0.493 e. The van der Waals surface area contributed by atoms with Crippen LogP contribution in [0.1, 0.15) is 30.5 Å². The van der Waals surface area contributed by atoms with Crippen molar-refractivity contribution >= 4 is 5.91 Å². The van der Waals surface area contributed by atoms with Crippen molar-refractivity contribution in [1.82, 2.24) is 5.32 Å². The van der Waals surface area contributed by atoms with E-state index < -0.39 is 0 Å². The molecule has 0 spiro atoms. The number of hydrogen-bond acceptors (Lipinski definition) is 2. The van der Waals surface area contributed by atoms with Gasteiger partial charge in [-0.25, -0.2) is 0 Å². The summed E-state index contributed by atoms with van der Waals surface area (Å²) in [5.41, 5.74) is 2.25. The maximum atomic E-state index is 11.9. The Labute approximate surface area is 126 Å². The molecule has 1 amide bonds. The second kappa shape index (κ2) is 7.48. The van der Waals surface area contributed by atoms with Crippen molar-refractivity contribution < 1.29 is 9.53 Å². The SMILES string of the molecule is Cc1cccc(OCCC(=O)N[C@H](C)c2ccccc2)c1. The first-order valence-electron chi connectivity index (χ1n) is 7.19.